The van der Waals surface area contributed by atoms with E-state index in [9.17, 15) is 10.1 Å². The summed E-state index contributed by atoms with van der Waals surface area (Å²) in [7, 11) is 0. The summed E-state index contributed by atoms with van der Waals surface area (Å²) < 4.78 is 0.890. The summed E-state index contributed by atoms with van der Waals surface area (Å²) in [6.45, 7) is 4.56. The molecule has 0 unspecified atom stereocenters. The van der Waals surface area contributed by atoms with E-state index in [2.05, 4.69) is 31.5 Å². The number of anilines is 3. The molecular formula is C14H15BrN4O2. The standard InChI is InChI=1S/C14H15BrN4O2/c1-3-16-13-7-6-12(19(20)21)14(18-13)17-11-8-10(15)5-4-9(11)2/h4-8H,3H2,1-2H3,(H2,16,17,18). The molecule has 0 radical (unpaired) electrons. The highest BCUT2D eigenvalue weighted by Gasteiger charge is 2.17. The van der Waals surface area contributed by atoms with Crippen LogP contribution in [0.25, 0.3) is 0 Å². The van der Waals surface area contributed by atoms with Gasteiger partial charge >= 0.3 is 5.69 Å². The van der Waals surface area contributed by atoms with Crippen LogP contribution in [0.2, 0.25) is 0 Å². The van der Waals surface area contributed by atoms with Crippen molar-refractivity contribution in [2.24, 2.45) is 0 Å². The largest absolute Gasteiger partial charge is 0.370 e. The van der Waals surface area contributed by atoms with Crippen LogP contribution in [-0.4, -0.2) is 16.5 Å². The van der Waals surface area contributed by atoms with Gasteiger partial charge in [-0.05, 0) is 37.6 Å². The van der Waals surface area contributed by atoms with E-state index in [0.717, 1.165) is 15.7 Å². The summed E-state index contributed by atoms with van der Waals surface area (Å²) in [4.78, 5) is 15.0. The molecule has 0 saturated carbocycles. The Balaban J connectivity index is 2.43. The Morgan fingerprint density at radius 3 is 2.76 bits per heavy atom. The van der Waals surface area contributed by atoms with E-state index >= 15 is 0 Å². The van der Waals surface area contributed by atoms with Crippen LogP contribution >= 0.6 is 15.9 Å². The zero-order valence-corrected chi connectivity index (χ0v) is 13.3. The molecule has 2 N–H and O–H groups in total. The lowest BCUT2D eigenvalue weighted by Gasteiger charge is -2.11. The van der Waals surface area contributed by atoms with Crippen LogP contribution < -0.4 is 10.6 Å². The fourth-order valence-electron chi connectivity index (χ4n) is 1.83. The molecule has 21 heavy (non-hydrogen) atoms. The first-order chi connectivity index (χ1) is 10.0. The van der Waals surface area contributed by atoms with Gasteiger partial charge in [-0.25, -0.2) is 4.98 Å². The van der Waals surface area contributed by atoms with Crippen LogP contribution in [0.3, 0.4) is 0 Å². The van der Waals surface area contributed by atoms with Gasteiger partial charge in [-0.1, -0.05) is 22.0 Å². The lowest BCUT2D eigenvalue weighted by Crippen LogP contribution is -2.05. The molecule has 0 bridgehead atoms. The third-order valence-electron chi connectivity index (χ3n) is 2.88. The fourth-order valence-corrected chi connectivity index (χ4v) is 2.19. The van der Waals surface area contributed by atoms with E-state index in [4.69, 9.17) is 0 Å². The monoisotopic (exact) mass is 350 g/mol. The first-order valence-electron chi connectivity index (χ1n) is 6.43. The van der Waals surface area contributed by atoms with E-state index in [1.54, 1.807) is 6.07 Å². The third-order valence-corrected chi connectivity index (χ3v) is 3.37. The Morgan fingerprint density at radius 1 is 1.33 bits per heavy atom. The van der Waals surface area contributed by atoms with Crippen molar-refractivity contribution in [2.45, 2.75) is 13.8 Å². The molecule has 0 amide bonds. The first-order valence-corrected chi connectivity index (χ1v) is 7.23. The molecule has 0 spiro atoms. The van der Waals surface area contributed by atoms with Crippen molar-refractivity contribution in [3.8, 4) is 0 Å². The summed E-state index contributed by atoms with van der Waals surface area (Å²) in [6.07, 6.45) is 0. The first kappa shape index (κ1) is 15.2. The molecule has 1 aromatic carbocycles. The normalized spacial score (nSPS) is 10.2. The molecule has 0 atom stereocenters. The van der Waals surface area contributed by atoms with Crippen molar-refractivity contribution in [1.82, 2.24) is 4.98 Å². The number of rotatable bonds is 5. The molecule has 2 rings (SSSR count). The van der Waals surface area contributed by atoms with Crippen molar-refractivity contribution in [1.29, 1.82) is 0 Å². The maximum atomic E-state index is 11.1. The Bertz CT molecular complexity index is 676. The summed E-state index contributed by atoms with van der Waals surface area (Å²) in [5, 5.41) is 17.2. The number of nitrogens with zero attached hydrogens (tertiary/aromatic N) is 2. The summed E-state index contributed by atoms with van der Waals surface area (Å²) in [5.74, 6) is 0.817. The maximum absolute atomic E-state index is 11.1. The Morgan fingerprint density at radius 2 is 2.10 bits per heavy atom. The van der Waals surface area contributed by atoms with Crippen molar-refractivity contribution in [3.05, 3.63) is 50.5 Å². The molecular weight excluding hydrogens is 336 g/mol. The van der Waals surface area contributed by atoms with Crippen molar-refractivity contribution in [2.75, 3.05) is 17.2 Å². The van der Waals surface area contributed by atoms with E-state index in [-0.39, 0.29) is 11.5 Å². The minimum atomic E-state index is -0.446. The van der Waals surface area contributed by atoms with Gasteiger partial charge in [-0.3, -0.25) is 10.1 Å². The van der Waals surface area contributed by atoms with Gasteiger partial charge in [0.25, 0.3) is 0 Å². The molecule has 0 fully saturated rings. The summed E-state index contributed by atoms with van der Waals surface area (Å²) >= 11 is 3.39. The van der Waals surface area contributed by atoms with Crippen LogP contribution in [0, 0.1) is 17.0 Å². The number of nitro groups is 1. The minimum Gasteiger partial charge on any atom is -0.370 e. The van der Waals surface area contributed by atoms with Crippen molar-refractivity contribution < 1.29 is 4.92 Å². The topological polar surface area (TPSA) is 80.1 Å². The number of benzene rings is 1. The number of pyridine rings is 1. The van der Waals surface area contributed by atoms with Crippen LogP contribution in [0.4, 0.5) is 23.0 Å². The third kappa shape index (κ3) is 3.69. The second-order valence-electron chi connectivity index (χ2n) is 4.44. The quantitative estimate of drug-likeness (QED) is 0.622. The summed E-state index contributed by atoms with van der Waals surface area (Å²) in [6, 6.07) is 8.74. The Labute approximate surface area is 130 Å². The van der Waals surface area contributed by atoms with Gasteiger partial charge in [0, 0.05) is 22.8 Å². The van der Waals surface area contributed by atoms with Crippen molar-refractivity contribution in [3.63, 3.8) is 0 Å². The zero-order chi connectivity index (χ0) is 15.4. The molecule has 0 aliphatic carbocycles. The van der Waals surface area contributed by atoms with Crippen LogP contribution in [0.1, 0.15) is 12.5 Å². The number of aromatic nitrogens is 1. The van der Waals surface area contributed by atoms with Crippen LogP contribution in [0.5, 0.6) is 0 Å². The lowest BCUT2D eigenvalue weighted by molar-refractivity contribution is -0.384. The van der Waals surface area contributed by atoms with Gasteiger partial charge in [-0.2, -0.15) is 0 Å². The van der Waals surface area contributed by atoms with Crippen LogP contribution in [0.15, 0.2) is 34.8 Å². The number of hydrogen-bond donors (Lipinski definition) is 2. The SMILES string of the molecule is CCNc1ccc([N+](=O)[O-])c(Nc2cc(Br)ccc2C)n1. The van der Waals surface area contributed by atoms with E-state index in [1.807, 2.05) is 32.0 Å². The second-order valence-corrected chi connectivity index (χ2v) is 5.35. The summed E-state index contributed by atoms with van der Waals surface area (Å²) in [5.41, 5.74) is 1.69. The maximum Gasteiger partial charge on any atom is 0.311 e. The zero-order valence-electron chi connectivity index (χ0n) is 11.7. The molecule has 1 heterocycles. The molecule has 0 saturated heterocycles. The van der Waals surface area contributed by atoms with Gasteiger partial charge < -0.3 is 10.6 Å². The minimum absolute atomic E-state index is 0.0592. The van der Waals surface area contributed by atoms with E-state index in [1.165, 1.54) is 6.07 Å². The van der Waals surface area contributed by atoms with Crippen LogP contribution in [-0.2, 0) is 0 Å². The van der Waals surface area contributed by atoms with Gasteiger partial charge in [0.15, 0.2) is 0 Å². The highest BCUT2D eigenvalue weighted by atomic mass is 79.9. The molecule has 2 aromatic rings. The second kappa shape index (κ2) is 6.53. The average molecular weight is 351 g/mol. The number of aryl methyl sites for hydroxylation is 1. The number of hydrogen-bond acceptors (Lipinski definition) is 5. The molecule has 0 aliphatic rings. The van der Waals surface area contributed by atoms with Crippen molar-refractivity contribution >= 4 is 38.9 Å². The Kier molecular flexibility index (Phi) is 4.74. The lowest BCUT2D eigenvalue weighted by atomic mass is 10.2. The average Bonchev–Trinajstić information content (AvgIpc) is 2.43. The number of nitrogens with one attached hydrogen (secondary N) is 2. The smallest absolute Gasteiger partial charge is 0.311 e. The number of halogens is 1. The molecule has 6 nitrogen and oxygen atoms in total. The van der Waals surface area contributed by atoms with Gasteiger partial charge in [0.2, 0.25) is 5.82 Å². The molecule has 110 valence electrons. The molecule has 0 aliphatic heterocycles. The van der Waals surface area contributed by atoms with E-state index in [0.29, 0.717) is 12.4 Å². The highest BCUT2D eigenvalue weighted by molar-refractivity contribution is 9.10. The highest BCUT2D eigenvalue weighted by Crippen LogP contribution is 2.30. The van der Waals surface area contributed by atoms with E-state index < -0.39 is 4.92 Å². The molecule has 7 heteroatoms. The Hall–Kier alpha value is -2.15. The predicted molar refractivity (Wildman–Crippen MR) is 87.2 cm³/mol. The molecule has 1 aromatic heterocycles. The van der Waals surface area contributed by atoms with Gasteiger partial charge in [-0.15, -0.1) is 0 Å². The van der Waals surface area contributed by atoms with Gasteiger partial charge in [0.1, 0.15) is 5.82 Å². The predicted octanol–water partition coefficient (Wildman–Crippen LogP) is 4.24. The van der Waals surface area contributed by atoms with Gasteiger partial charge in [0.05, 0.1) is 4.92 Å². The fraction of sp³-hybridized carbons (Fsp3) is 0.214.